The summed E-state index contributed by atoms with van der Waals surface area (Å²) in [6.45, 7) is 4.87. The molecule has 0 radical (unpaired) electrons. The second-order valence-corrected chi connectivity index (χ2v) is 10.4. The lowest BCUT2D eigenvalue weighted by atomic mass is 9.79. The first-order chi connectivity index (χ1) is 14.6. The number of anilines is 2. The second kappa shape index (κ2) is 7.81. The van der Waals surface area contributed by atoms with E-state index < -0.39 is 15.7 Å². The molecule has 0 bridgehead atoms. The van der Waals surface area contributed by atoms with Crippen molar-refractivity contribution in [1.29, 1.82) is 0 Å². The highest BCUT2D eigenvalue weighted by molar-refractivity contribution is 7.89. The summed E-state index contributed by atoms with van der Waals surface area (Å²) in [4.78, 5) is 16.9. The minimum Gasteiger partial charge on any atom is -0.309 e. The molecule has 0 amide bonds. The zero-order chi connectivity index (χ0) is 22.2. The number of hydrogen-bond acceptors (Lipinski definition) is 7. The molecule has 0 unspecified atom stereocenters. The van der Waals surface area contributed by atoms with Crippen molar-refractivity contribution in [3.63, 3.8) is 0 Å². The molecule has 0 saturated heterocycles. The van der Waals surface area contributed by atoms with Gasteiger partial charge in [0.25, 0.3) is 0 Å². The number of nitrogens with one attached hydrogen (secondary N) is 1. The molecule has 0 fully saturated rings. The van der Waals surface area contributed by atoms with Gasteiger partial charge in [-0.15, -0.1) is 0 Å². The van der Waals surface area contributed by atoms with Crippen LogP contribution in [-0.2, 0) is 21.0 Å². The van der Waals surface area contributed by atoms with E-state index in [-0.39, 0.29) is 22.8 Å². The van der Waals surface area contributed by atoms with Gasteiger partial charge < -0.3 is 5.32 Å². The van der Waals surface area contributed by atoms with Crippen LogP contribution in [0.25, 0.3) is 11.3 Å². The minimum absolute atomic E-state index is 0.103. The van der Waals surface area contributed by atoms with Crippen LogP contribution in [0.15, 0.2) is 47.7 Å². The Morgan fingerprint density at radius 2 is 1.97 bits per heavy atom. The minimum atomic E-state index is -3.18. The van der Waals surface area contributed by atoms with Gasteiger partial charge in [-0.3, -0.25) is 4.99 Å². The Labute approximate surface area is 180 Å². The molecule has 0 spiro atoms. The number of benzene rings is 1. The molecule has 0 saturated carbocycles. The van der Waals surface area contributed by atoms with E-state index in [4.69, 9.17) is 0 Å². The van der Waals surface area contributed by atoms with Gasteiger partial charge >= 0.3 is 0 Å². The van der Waals surface area contributed by atoms with E-state index >= 15 is 0 Å². The first-order valence-corrected chi connectivity index (χ1v) is 11.7. The van der Waals surface area contributed by atoms with Gasteiger partial charge in [0.1, 0.15) is 11.5 Å². The van der Waals surface area contributed by atoms with Crippen LogP contribution in [0.1, 0.15) is 30.5 Å². The highest BCUT2D eigenvalue weighted by atomic mass is 32.2. The number of halogens is 1. The summed E-state index contributed by atoms with van der Waals surface area (Å²) in [6.07, 6.45) is 5.61. The summed E-state index contributed by atoms with van der Waals surface area (Å²) in [5, 5.41) is 2.93. The summed E-state index contributed by atoms with van der Waals surface area (Å²) in [5.74, 6) is -0.0967. The number of aromatic nitrogens is 3. The van der Waals surface area contributed by atoms with E-state index in [1.807, 2.05) is 24.4 Å². The van der Waals surface area contributed by atoms with Crippen molar-refractivity contribution in [2.75, 3.05) is 18.1 Å². The number of sulfone groups is 1. The molecule has 160 valence electrons. The predicted molar refractivity (Wildman–Crippen MR) is 119 cm³/mol. The largest absolute Gasteiger partial charge is 0.309 e. The van der Waals surface area contributed by atoms with E-state index in [2.05, 4.69) is 39.1 Å². The first-order valence-electron chi connectivity index (χ1n) is 9.68. The van der Waals surface area contributed by atoms with Crippen molar-refractivity contribution in [2.24, 2.45) is 4.99 Å². The van der Waals surface area contributed by atoms with Crippen LogP contribution >= 0.6 is 0 Å². The van der Waals surface area contributed by atoms with Crippen LogP contribution in [0.5, 0.6) is 0 Å². The Bertz CT molecular complexity index is 1290. The molecule has 7 nitrogen and oxygen atoms in total. The molecule has 0 aliphatic carbocycles. The molecule has 1 aliphatic heterocycles. The topological polar surface area (TPSA) is 97.2 Å². The monoisotopic (exact) mass is 439 g/mol. The second-order valence-electron chi connectivity index (χ2n) is 8.29. The number of aliphatic imine (C=N–C) groups is 1. The highest BCUT2D eigenvalue weighted by Crippen LogP contribution is 2.33. The van der Waals surface area contributed by atoms with Crippen LogP contribution in [0, 0.1) is 5.82 Å². The summed E-state index contributed by atoms with van der Waals surface area (Å²) < 4.78 is 37.7. The molecule has 0 atom stereocenters. The average molecular weight is 440 g/mol. The van der Waals surface area contributed by atoms with Crippen molar-refractivity contribution in [3.8, 4) is 11.3 Å². The third-order valence-corrected chi connectivity index (χ3v) is 5.87. The van der Waals surface area contributed by atoms with Crippen LogP contribution in [0.4, 0.5) is 16.2 Å². The molecule has 1 aromatic carbocycles. The molecule has 4 rings (SSSR count). The molecule has 3 heterocycles. The van der Waals surface area contributed by atoms with E-state index in [1.165, 1.54) is 12.5 Å². The van der Waals surface area contributed by atoms with Gasteiger partial charge in [-0.1, -0.05) is 26.0 Å². The first kappa shape index (κ1) is 21.0. The number of fused-ring (bicyclic) bond motifs is 1. The third kappa shape index (κ3) is 4.77. The summed E-state index contributed by atoms with van der Waals surface area (Å²) >= 11 is 0. The fourth-order valence-electron chi connectivity index (χ4n) is 3.54. The highest BCUT2D eigenvalue weighted by Gasteiger charge is 2.26. The smallest absolute Gasteiger partial charge is 0.229 e. The van der Waals surface area contributed by atoms with Crippen LogP contribution < -0.4 is 5.32 Å². The Balaban J connectivity index is 1.66. The van der Waals surface area contributed by atoms with Crippen LogP contribution in [0.3, 0.4) is 0 Å². The molecule has 1 N–H and O–H groups in total. The Morgan fingerprint density at radius 1 is 1.16 bits per heavy atom. The fraction of sp³-hybridized carbons (Fsp3) is 0.273. The van der Waals surface area contributed by atoms with Gasteiger partial charge in [0, 0.05) is 36.2 Å². The molecule has 3 aromatic rings. The number of hydrogen-bond donors (Lipinski definition) is 1. The molecular formula is C22H22FN5O2S. The lowest BCUT2D eigenvalue weighted by Crippen LogP contribution is -2.26. The standard InChI is InChI=1S/C22H22FN5O2S/c1-22(2)13-24-10-16-5-4-15(9-17(16)22)20-18(23)11-26-21(28-20)27-19-8-14(6-7-25-19)12-31(3,29)30/h4-11H,12-13H2,1-3H3,(H,25,26,27,28). The Kier molecular flexibility index (Phi) is 5.30. The maximum absolute atomic E-state index is 14.6. The van der Waals surface area contributed by atoms with E-state index in [0.717, 1.165) is 17.3 Å². The number of nitrogens with zero attached hydrogens (tertiary/aromatic N) is 4. The van der Waals surface area contributed by atoms with Gasteiger partial charge in [0.2, 0.25) is 5.95 Å². The maximum atomic E-state index is 14.6. The SMILES string of the molecule is CC1(C)CN=Cc2ccc(-c3nc(Nc4cc(CS(C)(=O)=O)ccn4)ncc3F)cc21. The van der Waals surface area contributed by atoms with E-state index in [9.17, 15) is 12.8 Å². The lowest BCUT2D eigenvalue weighted by molar-refractivity contribution is 0.534. The molecule has 31 heavy (non-hydrogen) atoms. The van der Waals surface area contributed by atoms with Crippen molar-refractivity contribution in [1.82, 2.24) is 15.0 Å². The Hall–Kier alpha value is -3.20. The van der Waals surface area contributed by atoms with Gasteiger partial charge in [-0.05, 0) is 34.9 Å². The Morgan fingerprint density at radius 3 is 2.74 bits per heavy atom. The van der Waals surface area contributed by atoms with Gasteiger partial charge in [0.15, 0.2) is 15.7 Å². The molecule has 9 heteroatoms. The summed E-state index contributed by atoms with van der Waals surface area (Å²) in [6, 6.07) is 8.91. The average Bonchev–Trinajstić information content (AvgIpc) is 2.68. The number of pyridine rings is 1. The van der Waals surface area contributed by atoms with Gasteiger partial charge in [-0.25, -0.2) is 27.8 Å². The van der Waals surface area contributed by atoms with Gasteiger partial charge in [-0.2, -0.15) is 0 Å². The van der Waals surface area contributed by atoms with Crippen molar-refractivity contribution in [2.45, 2.75) is 25.0 Å². The molecule has 1 aliphatic rings. The fourth-order valence-corrected chi connectivity index (χ4v) is 4.32. The van der Waals surface area contributed by atoms with Crippen LogP contribution in [0.2, 0.25) is 0 Å². The lowest BCUT2D eigenvalue weighted by Gasteiger charge is -2.28. The summed E-state index contributed by atoms with van der Waals surface area (Å²) in [5.41, 5.74) is 3.34. The van der Waals surface area contributed by atoms with Gasteiger partial charge in [0.05, 0.1) is 11.9 Å². The van der Waals surface area contributed by atoms with Crippen molar-refractivity contribution < 1.29 is 12.8 Å². The molecular weight excluding hydrogens is 417 g/mol. The van der Waals surface area contributed by atoms with Crippen molar-refractivity contribution in [3.05, 3.63) is 65.2 Å². The zero-order valence-electron chi connectivity index (χ0n) is 17.4. The maximum Gasteiger partial charge on any atom is 0.229 e. The quantitative estimate of drug-likeness (QED) is 0.651. The third-order valence-electron chi connectivity index (χ3n) is 5.01. The van der Waals surface area contributed by atoms with Crippen LogP contribution in [-0.4, -0.2) is 42.4 Å². The predicted octanol–water partition coefficient (Wildman–Crippen LogP) is 3.68. The van der Waals surface area contributed by atoms with E-state index in [1.54, 1.807) is 12.1 Å². The number of rotatable bonds is 5. The van der Waals surface area contributed by atoms with E-state index in [0.29, 0.717) is 23.5 Å². The molecule has 2 aromatic heterocycles. The normalized spacial score (nSPS) is 14.8. The summed E-state index contributed by atoms with van der Waals surface area (Å²) in [7, 11) is -3.18. The zero-order valence-corrected chi connectivity index (χ0v) is 18.2. The van der Waals surface area contributed by atoms with Crippen molar-refractivity contribution >= 4 is 27.8 Å².